The molecule has 0 atom stereocenters. The van der Waals surface area contributed by atoms with E-state index < -0.39 is 15.9 Å². The van der Waals surface area contributed by atoms with E-state index in [0.717, 1.165) is 22.2 Å². The Labute approximate surface area is 174 Å². The molecule has 3 aromatic carbocycles. The van der Waals surface area contributed by atoms with Crippen LogP contribution < -0.4 is 10.0 Å². The summed E-state index contributed by atoms with van der Waals surface area (Å²) in [6.07, 6.45) is 0. The molecule has 8 heteroatoms. The van der Waals surface area contributed by atoms with E-state index in [2.05, 4.69) is 20.0 Å². The van der Waals surface area contributed by atoms with Crippen LogP contribution in [0.2, 0.25) is 0 Å². The van der Waals surface area contributed by atoms with Gasteiger partial charge in [0, 0.05) is 5.56 Å². The number of aryl methyl sites for hydroxylation is 2. The van der Waals surface area contributed by atoms with Gasteiger partial charge in [-0.05, 0) is 55.8 Å². The highest BCUT2D eigenvalue weighted by atomic mass is 32.2. The molecular formula is C22H20N4O3S. The molecule has 0 saturated carbocycles. The summed E-state index contributed by atoms with van der Waals surface area (Å²) in [6, 6.07) is 18.7. The second kappa shape index (κ2) is 7.64. The molecule has 0 aliphatic rings. The lowest BCUT2D eigenvalue weighted by Crippen LogP contribution is -2.16. The van der Waals surface area contributed by atoms with Crippen molar-refractivity contribution < 1.29 is 13.2 Å². The number of aromatic amines is 1. The van der Waals surface area contributed by atoms with Gasteiger partial charge in [0.1, 0.15) is 0 Å². The lowest BCUT2D eigenvalue weighted by Gasteiger charge is -2.12. The number of anilines is 2. The second-order valence-electron chi connectivity index (χ2n) is 7.01. The number of hydrogen-bond donors (Lipinski definition) is 3. The summed E-state index contributed by atoms with van der Waals surface area (Å²) in [6.45, 7) is 3.78. The van der Waals surface area contributed by atoms with E-state index in [-0.39, 0.29) is 10.5 Å². The second-order valence-corrected chi connectivity index (χ2v) is 8.69. The molecule has 0 aliphatic carbocycles. The molecule has 4 aromatic rings. The predicted molar refractivity (Wildman–Crippen MR) is 117 cm³/mol. The van der Waals surface area contributed by atoms with Crippen molar-refractivity contribution >= 4 is 38.6 Å². The fourth-order valence-corrected chi connectivity index (χ4v) is 4.30. The van der Waals surface area contributed by atoms with Crippen LogP contribution in [0.1, 0.15) is 21.5 Å². The average Bonchev–Trinajstić information content (AvgIpc) is 3.12. The van der Waals surface area contributed by atoms with Gasteiger partial charge in [-0.1, -0.05) is 35.9 Å². The summed E-state index contributed by atoms with van der Waals surface area (Å²) in [7, 11) is -3.85. The van der Waals surface area contributed by atoms with Crippen LogP contribution in [0.4, 0.5) is 11.6 Å². The molecule has 1 heterocycles. The normalized spacial score (nSPS) is 11.4. The van der Waals surface area contributed by atoms with Gasteiger partial charge >= 0.3 is 0 Å². The first-order valence-electron chi connectivity index (χ1n) is 9.28. The molecule has 4 rings (SSSR count). The third kappa shape index (κ3) is 4.04. The summed E-state index contributed by atoms with van der Waals surface area (Å²) in [4.78, 5) is 19.9. The molecule has 7 nitrogen and oxygen atoms in total. The number of carbonyl (C=O) groups excluding carboxylic acids is 1. The van der Waals surface area contributed by atoms with Gasteiger partial charge in [0.15, 0.2) is 0 Å². The fraction of sp³-hybridized carbons (Fsp3) is 0.0909. The van der Waals surface area contributed by atoms with E-state index in [4.69, 9.17) is 0 Å². The maximum absolute atomic E-state index is 12.8. The number of carbonyl (C=O) groups is 1. The maximum atomic E-state index is 12.8. The molecule has 30 heavy (non-hydrogen) atoms. The Morgan fingerprint density at radius 3 is 2.53 bits per heavy atom. The maximum Gasteiger partial charge on any atom is 0.261 e. The minimum atomic E-state index is -3.85. The molecule has 0 aliphatic heterocycles. The minimum absolute atomic E-state index is 0.000249. The fourth-order valence-electron chi connectivity index (χ4n) is 3.13. The van der Waals surface area contributed by atoms with Gasteiger partial charge in [-0.3, -0.25) is 14.8 Å². The summed E-state index contributed by atoms with van der Waals surface area (Å²) in [5.41, 5.74) is 4.08. The van der Waals surface area contributed by atoms with Crippen LogP contribution in [0.5, 0.6) is 0 Å². The van der Waals surface area contributed by atoms with Crippen molar-refractivity contribution in [2.24, 2.45) is 0 Å². The van der Waals surface area contributed by atoms with Crippen molar-refractivity contribution in [2.45, 2.75) is 18.7 Å². The number of nitrogens with zero attached hydrogens (tertiary/aromatic N) is 1. The molecule has 0 bridgehead atoms. The standard InChI is InChI=1S/C22H20N4O3S/c1-14-10-11-18(15(2)12-14)26-30(28,29)17-7-5-6-16(13-17)21(27)25-22-23-19-8-3-4-9-20(19)24-22/h3-13,26H,1-2H3,(H2,23,24,25,27). The number of rotatable bonds is 5. The number of amides is 1. The van der Waals surface area contributed by atoms with Crippen LogP contribution in [0.25, 0.3) is 11.0 Å². The summed E-state index contributed by atoms with van der Waals surface area (Å²) >= 11 is 0. The quantitative estimate of drug-likeness (QED) is 0.449. The van der Waals surface area contributed by atoms with E-state index in [1.165, 1.54) is 18.2 Å². The Morgan fingerprint density at radius 2 is 1.77 bits per heavy atom. The number of nitrogens with one attached hydrogen (secondary N) is 3. The van der Waals surface area contributed by atoms with Gasteiger partial charge in [-0.2, -0.15) is 0 Å². The van der Waals surface area contributed by atoms with Crippen molar-refractivity contribution in [1.82, 2.24) is 9.97 Å². The highest BCUT2D eigenvalue weighted by Crippen LogP contribution is 2.22. The van der Waals surface area contributed by atoms with Gasteiger partial charge in [-0.25, -0.2) is 13.4 Å². The van der Waals surface area contributed by atoms with Gasteiger partial charge in [0.05, 0.1) is 21.6 Å². The predicted octanol–water partition coefficient (Wildman–Crippen LogP) is 4.23. The van der Waals surface area contributed by atoms with Gasteiger partial charge in [0.25, 0.3) is 15.9 Å². The van der Waals surface area contributed by atoms with Gasteiger partial charge in [0.2, 0.25) is 5.95 Å². The molecule has 0 unspecified atom stereocenters. The van der Waals surface area contributed by atoms with Crippen LogP contribution in [0.3, 0.4) is 0 Å². The van der Waals surface area contributed by atoms with Crippen LogP contribution >= 0.6 is 0 Å². The molecular weight excluding hydrogens is 400 g/mol. The molecule has 0 radical (unpaired) electrons. The number of imidazole rings is 1. The summed E-state index contributed by atoms with van der Waals surface area (Å²) in [5.74, 6) is -0.166. The van der Waals surface area contributed by atoms with Crippen molar-refractivity contribution in [3.05, 3.63) is 83.4 Å². The van der Waals surface area contributed by atoms with Crippen molar-refractivity contribution in [2.75, 3.05) is 10.0 Å². The minimum Gasteiger partial charge on any atom is -0.324 e. The number of para-hydroxylation sites is 2. The van der Waals surface area contributed by atoms with E-state index in [1.54, 1.807) is 12.1 Å². The SMILES string of the molecule is Cc1ccc(NS(=O)(=O)c2cccc(C(=O)Nc3nc4ccccc4[nH]3)c2)c(C)c1. The van der Waals surface area contributed by atoms with E-state index in [0.29, 0.717) is 11.6 Å². The number of sulfonamides is 1. The van der Waals surface area contributed by atoms with Crippen LogP contribution in [-0.2, 0) is 10.0 Å². The number of benzene rings is 3. The molecule has 1 amide bonds. The Bertz CT molecular complexity index is 1330. The summed E-state index contributed by atoms with van der Waals surface area (Å²) in [5, 5.41) is 2.67. The number of fused-ring (bicyclic) bond motifs is 1. The Hall–Kier alpha value is -3.65. The largest absolute Gasteiger partial charge is 0.324 e. The first-order valence-corrected chi connectivity index (χ1v) is 10.8. The first kappa shape index (κ1) is 19.7. The highest BCUT2D eigenvalue weighted by molar-refractivity contribution is 7.92. The Morgan fingerprint density at radius 1 is 0.967 bits per heavy atom. The van der Waals surface area contributed by atoms with Gasteiger partial charge in [-0.15, -0.1) is 0 Å². The Balaban J connectivity index is 1.57. The summed E-state index contributed by atoms with van der Waals surface area (Å²) < 4.78 is 28.2. The van der Waals surface area contributed by atoms with Crippen LogP contribution in [0, 0.1) is 13.8 Å². The first-order chi connectivity index (χ1) is 14.3. The topological polar surface area (TPSA) is 104 Å². The van der Waals surface area contributed by atoms with E-state index >= 15 is 0 Å². The van der Waals surface area contributed by atoms with Crippen LogP contribution in [0.15, 0.2) is 71.6 Å². The number of H-pyrrole nitrogens is 1. The van der Waals surface area contributed by atoms with E-state index in [9.17, 15) is 13.2 Å². The lowest BCUT2D eigenvalue weighted by atomic mass is 10.1. The zero-order valence-electron chi connectivity index (χ0n) is 16.4. The third-order valence-electron chi connectivity index (χ3n) is 4.65. The van der Waals surface area contributed by atoms with Crippen LogP contribution in [-0.4, -0.2) is 24.3 Å². The molecule has 0 spiro atoms. The van der Waals surface area contributed by atoms with E-state index in [1.807, 2.05) is 50.2 Å². The lowest BCUT2D eigenvalue weighted by molar-refractivity contribution is 0.102. The smallest absolute Gasteiger partial charge is 0.261 e. The van der Waals surface area contributed by atoms with Crippen molar-refractivity contribution in [1.29, 1.82) is 0 Å². The molecule has 1 aromatic heterocycles. The molecule has 0 saturated heterocycles. The van der Waals surface area contributed by atoms with Crippen molar-refractivity contribution in [3.63, 3.8) is 0 Å². The Kier molecular flexibility index (Phi) is 5.01. The zero-order chi connectivity index (χ0) is 21.3. The zero-order valence-corrected chi connectivity index (χ0v) is 17.2. The average molecular weight is 420 g/mol. The molecule has 152 valence electrons. The highest BCUT2D eigenvalue weighted by Gasteiger charge is 2.18. The number of aromatic nitrogens is 2. The molecule has 3 N–H and O–H groups in total. The van der Waals surface area contributed by atoms with Crippen molar-refractivity contribution in [3.8, 4) is 0 Å². The third-order valence-corrected chi connectivity index (χ3v) is 6.02. The monoisotopic (exact) mass is 420 g/mol. The van der Waals surface area contributed by atoms with Gasteiger partial charge < -0.3 is 4.98 Å². The number of hydrogen-bond acceptors (Lipinski definition) is 4. The molecule has 0 fully saturated rings.